The van der Waals surface area contributed by atoms with Crippen LogP contribution in [-0.2, 0) is 25.8 Å². The number of amides is 2. The highest BCUT2D eigenvalue weighted by atomic mass is 16.7. The van der Waals surface area contributed by atoms with E-state index in [1.807, 2.05) is 30.3 Å². The molecule has 0 bridgehead atoms. The minimum atomic E-state index is -1.04. The number of rotatable bonds is 4. The van der Waals surface area contributed by atoms with Gasteiger partial charge in [-0.3, -0.25) is 14.5 Å². The van der Waals surface area contributed by atoms with Crippen LogP contribution in [0.15, 0.2) is 30.3 Å². The van der Waals surface area contributed by atoms with E-state index >= 15 is 0 Å². The Morgan fingerprint density at radius 2 is 2.00 bits per heavy atom. The van der Waals surface area contributed by atoms with Crippen LogP contribution in [0.1, 0.15) is 39.2 Å². The van der Waals surface area contributed by atoms with Gasteiger partial charge in [0.25, 0.3) is 5.91 Å². The van der Waals surface area contributed by atoms with E-state index < -0.39 is 23.3 Å². The first kappa shape index (κ1) is 18.4. The first-order chi connectivity index (χ1) is 12.3. The van der Waals surface area contributed by atoms with Gasteiger partial charge < -0.3 is 9.53 Å². The van der Waals surface area contributed by atoms with E-state index in [1.165, 1.54) is 9.96 Å². The summed E-state index contributed by atoms with van der Waals surface area (Å²) >= 11 is 0. The fourth-order valence-corrected chi connectivity index (χ4v) is 3.42. The van der Waals surface area contributed by atoms with Crippen molar-refractivity contribution in [2.24, 2.45) is 0 Å². The van der Waals surface area contributed by atoms with E-state index in [2.05, 4.69) is 0 Å². The van der Waals surface area contributed by atoms with Crippen LogP contribution in [0.25, 0.3) is 0 Å². The van der Waals surface area contributed by atoms with Crippen molar-refractivity contribution in [2.75, 3.05) is 6.54 Å². The van der Waals surface area contributed by atoms with Crippen molar-refractivity contribution in [3.05, 3.63) is 35.9 Å². The van der Waals surface area contributed by atoms with Crippen molar-refractivity contribution in [3.8, 4) is 0 Å². The van der Waals surface area contributed by atoms with Gasteiger partial charge in [-0.25, -0.2) is 9.86 Å². The molecule has 7 heteroatoms. The van der Waals surface area contributed by atoms with Gasteiger partial charge in [-0.05, 0) is 39.2 Å². The standard InChI is InChI=1S/C19H24N2O5/c1-18(2,3)26-17(24)21-15(11-22)9-10-19(21)13-20(16(19)23)25-12-14-7-5-4-6-8-14/h4-8,11,15H,9-10,12-13H2,1-3H3. The first-order valence-electron chi connectivity index (χ1n) is 8.73. The topological polar surface area (TPSA) is 76.2 Å². The number of carbonyl (C=O) groups excluding carboxylic acids is 3. The first-order valence-corrected chi connectivity index (χ1v) is 8.73. The molecule has 0 saturated carbocycles. The maximum Gasteiger partial charge on any atom is 0.411 e. The summed E-state index contributed by atoms with van der Waals surface area (Å²) in [7, 11) is 0. The number of benzene rings is 1. The van der Waals surface area contributed by atoms with E-state index in [0.29, 0.717) is 19.1 Å². The minimum absolute atomic E-state index is 0.238. The lowest BCUT2D eigenvalue weighted by Gasteiger charge is -2.50. The van der Waals surface area contributed by atoms with Crippen LogP contribution in [-0.4, -0.2) is 52.0 Å². The Kier molecular flexibility index (Phi) is 4.75. The van der Waals surface area contributed by atoms with Gasteiger partial charge in [0.05, 0.1) is 12.6 Å². The van der Waals surface area contributed by atoms with E-state index in [0.717, 1.165) is 5.56 Å². The van der Waals surface area contributed by atoms with Gasteiger partial charge in [-0.1, -0.05) is 30.3 Å². The molecule has 3 rings (SSSR count). The SMILES string of the molecule is CC(C)(C)OC(=O)N1C(C=O)CCC12CN(OCc1ccccc1)C2=O. The lowest BCUT2D eigenvalue weighted by atomic mass is 9.88. The van der Waals surface area contributed by atoms with Gasteiger partial charge in [0.1, 0.15) is 24.0 Å². The van der Waals surface area contributed by atoms with Gasteiger partial charge in [0, 0.05) is 0 Å². The molecule has 0 aromatic heterocycles. The number of ether oxygens (including phenoxy) is 1. The summed E-state index contributed by atoms with van der Waals surface area (Å²) in [6, 6.07) is 8.87. The van der Waals surface area contributed by atoms with Crippen molar-refractivity contribution in [2.45, 2.75) is 57.4 Å². The third-order valence-electron chi connectivity index (χ3n) is 4.65. The molecule has 2 aliphatic heterocycles. The van der Waals surface area contributed by atoms with Crippen molar-refractivity contribution < 1.29 is 24.0 Å². The Labute approximate surface area is 152 Å². The van der Waals surface area contributed by atoms with Crippen LogP contribution < -0.4 is 0 Å². The zero-order valence-electron chi connectivity index (χ0n) is 15.3. The highest BCUT2D eigenvalue weighted by Crippen LogP contribution is 2.42. The second-order valence-electron chi connectivity index (χ2n) is 7.72. The smallest absolute Gasteiger partial charge is 0.411 e. The number of hydrogen-bond donors (Lipinski definition) is 0. The lowest BCUT2D eigenvalue weighted by molar-refractivity contribution is -0.241. The molecule has 2 fully saturated rings. The molecule has 7 nitrogen and oxygen atoms in total. The minimum Gasteiger partial charge on any atom is -0.444 e. The molecule has 2 heterocycles. The Morgan fingerprint density at radius 1 is 1.31 bits per heavy atom. The average molecular weight is 360 g/mol. The van der Waals surface area contributed by atoms with Crippen molar-refractivity contribution in [1.82, 2.24) is 9.96 Å². The summed E-state index contributed by atoms with van der Waals surface area (Å²) in [6.07, 6.45) is 0.947. The zero-order chi connectivity index (χ0) is 18.9. The maximum absolute atomic E-state index is 12.8. The highest BCUT2D eigenvalue weighted by molar-refractivity contribution is 5.96. The number of likely N-dealkylation sites (tertiary alicyclic amines) is 1. The molecule has 0 aliphatic carbocycles. The molecular formula is C19H24N2O5. The molecule has 26 heavy (non-hydrogen) atoms. The molecule has 2 unspecified atom stereocenters. The Morgan fingerprint density at radius 3 is 2.58 bits per heavy atom. The third-order valence-corrected chi connectivity index (χ3v) is 4.65. The highest BCUT2D eigenvalue weighted by Gasteiger charge is 2.64. The second kappa shape index (κ2) is 6.72. The van der Waals surface area contributed by atoms with Crippen molar-refractivity contribution >= 4 is 18.3 Å². The summed E-state index contributed by atoms with van der Waals surface area (Å²) in [5.74, 6) is -0.302. The van der Waals surface area contributed by atoms with Gasteiger partial charge in [0.2, 0.25) is 0 Å². The molecule has 0 radical (unpaired) electrons. The monoisotopic (exact) mass is 360 g/mol. The molecule has 2 aliphatic rings. The van der Waals surface area contributed by atoms with Gasteiger partial charge in [-0.2, -0.15) is 0 Å². The molecule has 2 saturated heterocycles. The number of nitrogens with zero attached hydrogens (tertiary/aromatic N) is 2. The Bertz CT molecular complexity index is 700. The summed E-state index contributed by atoms with van der Waals surface area (Å²) in [4.78, 5) is 43.7. The molecule has 1 spiro atoms. The number of aldehydes is 1. The number of β-lactam (4-membered cyclic amide) rings is 1. The van der Waals surface area contributed by atoms with Crippen molar-refractivity contribution in [3.63, 3.8) is 0 Å². The predicted molar refractivity (Wildman–Crippen MR) is 92.8 cm³/mol. The van der Waals surface area contributed by atoms with Crippen LogP contribution in [0.4, 0.5) is 4.79 Å². The fraction of sp³-hybridized carbons (Fsp3) is 0.526. The van der Waals surface area contributed by atoms with Crippen LogP contribution in [0.2, 0.25) is 0 Å². The van der Waals surface area contributed by atoms with E-state index in [-0.39, 0.29) is 19.1 Å². The molecule has 0 N–H and O–H groups in total. The summed E-state index contributed by atoms with van der Waals surface area (Å²) in [5, 5.41) is 1.26. The van der Waals surface area contributed by atoms with E-state index in [9.17, 15) is 14.4 Å². The third kappa shape index (κ3) is 3.31. The van der Waals surface area contributed by atoms with Gasteiger partial charge in [-0.15, -0.1) is 0 Å². The molecular weight excluding hydrogens is 336 g/mol. The largest absolute Gasteiger partial charge is 0.444 e. The molecule has 2 amide bonds. The normalized spacial score (nSPS) is 25.3. The molecule has 2 atom stereocenters. The van der Waals surface area contributed by atoms with E-state index in [4.69, 9.17) is 9.57 Å². The maximum atomic E-state index is 12.8. The quantitative estimate of drug-likeness (QED) is 0.608. The molecule has 1 aromatic carbocycles. The average Bonchev–Trinajstić information content (AvgIpc) is 2.99. The van der Waals surface area contributed by atoms with Crippen LogP contribution in [0.3, 0.4) is 0 Å². The van der Waals surface area contributed by atoms with Crippen LogP contribution >= 0.6 is 0 Å². The van der Waals surface area contributed by atoms with E-state index in [1.54, 1.807) is 20.8 Å². The lowest BCUT2D eigenvalue weighted by Crippen LogP contribution is -2.73. The van der Waals surface area contributed by atoms with Crippen molar-refractivity contribution in [1.29, 1.82) is 0 Å². The predicted octanol–water partition coefficient (Wildman–Crippen LogP) is 2.30. The zero-order valence-corrected chi connectivity index (χ0v) is 15.3. The number of carbonyl (C=O) groups is 3. The molecule has 1 aromatic rings. The summed E-state index contributed by atoms with van der Waals surface area (Å²) < 4.78 is 5.41. The van der Waals surface area contributed by atoms with Gasteiger partial charge >= 0.3 is 6.09 Å². The fourth-order valence-electron chi connectivity index (χ4n) is 3.42. The Balaban J connectivity index is 1.69. The van der Waals surface area contributed by atoms with Gasteiger partial charge in [0.15, 0.2) is 0 Å². The molecule has 140 valence electrons. The Hall–Kier alpha value is -2.41. The summed E-state index contributed by atoms with van der Waals surface area (Å²) in [6.45, 7) is 5.76. The second-order valence-corrected chi connectivity index (χ2v) is 7.72. The summed E-state index contributed by atoms with van der Waals surface area (Å²) in [5.41, 5.74) is -0.794. The van der Waals surface area contributed by atoms with Crippen LogP contribution in [0, 0.1) is 0 Å². The number of hydroxylamine groups is 2. The number of hydrogen-bond acceptors (Lipinski definition) is 5. The van der Waals surface area contributed by atoms with Crippen LogP contribution in [0.5, 0.6) is 0 Å².